The number of anilines is 1. The lowest BCUT2D eigenvalue weighted by atomic mass is 9.95. The van der Waals surface area contributed by atoms with Crippen LogP contribution in [0.15, 0.2) is 47.2 Å². The van der Waals surface area contributed by atoms with Gasteiger partial charge in [-0.25, -0.2) is 23.5 Å². The van der Waals surface area contributed by atoms with Crippen molar-refractivity contribution in [2.75, 3.05) is 18.0 Å². The molecular weight excluding hydrogens is 456 g/mol. The lowest BCUT2D eigenvalue weighted by Gasteiger charge is -2.32. The molecule has 4 aromatic rings. The predicted molar refractivity (Wildman–Crippen MR) is 125 cm³/mol. The third-order valence-electron chi connectivity index (χ3n) is 6.26. The smallest absolute Gasteiger partial charge is 0.338 e. The van der Waals surface area contributed by atoms with Crippen LogP contribution in [0.3, 0.4) is 0 Å². The van der Waals surface area contributed by atoms with E-state index in [-0.39, 0.29) is 17.4 Å². The summed E-state index contributed by atoms with van der Waals surface area (Å²) in [7, 11) is 0. The van der Waals surface area contributed by atoms with Crippen molar-refractivity contribution in [1.29, 1.82) is 0 Å². The van der Waals surface area contributed by atoms with E-state index >= 15 is 0 Å². The van der Waals surface area contributed by atoms with Gasteiger partial charge in [0.1, 0.15) is 18.0 Å². The lowest BCUT2D eigenvalue weighted by molar-refractivity contribution is 0.0692. The highest BCUT2D eigenvalue weighted by atomic mass is 19.1. The van der Waals surface area contributed by atoms with Gasteiger partial charge in [-0.05, 0) is 50.5 Å². The maximum atomic E-state index is 14.3. The Kier molecular flexibility index (Phi) is 5.66. The first-order chi connectivity index (χ1) is 16.7. The highest BCUT2D eigenvalue weighted by molar-refractivity contribution is 5.99. The number of fused-ring (bicyclic) bond motifs is 1. The number of carboxylic acids is 1. The van der Waals surface area contributed by atoms with Crippen LogP contribution in [-0.4, -0.2) is 44.3 Å². The van der Waals surface area contributed by atoms with Gasteiger partial charge in [0.2, 0.25) is 0 Å². The summed E-state index contributed by atoms with van der Waals surface area (Å²) >= 11 is 0. The van der Waals surface area contributed by atoms with Crippen LogP contribution in [0.2, 0.25) is 0 Å². The Hall–Kier alpha value is -3.95. The van der Waals surface area contributed by atoms with Crippen molar-refractivity contribution in [2.24, 2.45) is 0 Å². The highest BCUT2D eigenvalue weighted by Crippen LogP contribution is 2.35. The van der Waals surface area contributed by atoms with Crippen molar-refractivity contribution in [3.8, 4) is 11.1 Å². The van der Waals surface area contributed by atoms with Crippen LogP contribution in [0.1, 0.15) is 54.7 Å². The second kappa shape index (κ2) is 8.68. The second-order valence-corrected chi connectivity index (χ2v) is 9.09. The average molecular weight is 479 g/mol. The quantitative estimate of drug-likeness (QED) is 0.421. The maximum Gasteiger partial charge on any atom is 0.338 e. The summed E-state index contributed by atoms with van der Waals surface area (Å²) in [5.74, 6) is -0.791. The summed E-state index contributed by atoms with van der Waals surface area (Å²) in [5, 5.41) is 13.9. The number of alkyl halides is 1. The Morgan fingerprint density at radius 2 is 1.94 bits per heavy atom. The summed E-state index contributed by atoms with van der Waals surface area (Å²) in [4.78, 5) is 26.5. The first-order valence-electron chi connectivity index (χ1n) is 11.3. The first-order valence-corrected chi connectivity index (χ1v) is 11.3. The Morgan fingerprint density at radius 1 is 1.17 bits per heavy atom. The number of rotatable bonds is 5. The molecule has 35 heavy (non-hydrogen) atoms. The van der Waals surface area contributed by atoms with E-state index in [2.05, 4.69) is 25.0 Å². The van der Waals surface area contributed by atoms with Crippen molar-refractivity contribution in [3.63, 3.8) is 0 Å². The Morgan fingerprint density at radius 3 is 2.60 bits per heavy atom. The minimum absolute atomic E-state index is 0.0166. The summed E-state index contributed by atoms with van der Waals surface area (Å²) in [6.45, 7) is 4.14. The number of carbonyl (C=O) groups is 1. The average Bonchev–Trinajstić information content (AvgIpc) is 3.34. The molecule has 0 aliphatic carbocycles. The van der Waals surface area contributed by atoms with Gasteiger partial charge in [-0.3, -0.25) is 0 Å². The third-order valence-corrected chi connectivity index (χ3v) is 6.26. The van der Waals surface area contributed by atoms with E-state index in [4.69, 9.17) is 9.63 Å². The summed E-state index contributed by atoms with van der Waals surface area (Å²) in [5.41, 5.74) is -0.193. The summed E-state index contributed by atoms with van der Waals surface area (Å²) < 4.78 is 33.5. The molecule has 0 saturated carbocycles. The molecule has 0 bridgehead atoms. The maximum absolute atomic E-state index is 14.3. The molecule has 0 radical (unpaired) electrons. The molecule has 3 heterocycles. The number of benzene rings is 2. The number of nitrogens with zero attached hydrogens (tertiary/aromatic N) is 5. The monoisotopic (exact) mass is 479 g/mol. The van der Waals surface area contributed by atoms with Crippen molar-refractivity contribution in [2.45, 2.75) is 38.3 Å². The van der Waals surface area contributed by atoms with E-state index in [9.17, 15) is 13.6 Å². The third kappa shape index (κ3) is 4.31. The zero-order valence-corrected chi connectivity index (χ0v) is 19.2. The fourth-order valence-electron chi connectivity index (χ4n) is 4.41. The van der Waals surface area contributed by atoms with Gasteiger partial charge >= 0.3 is 5.97 Å². The van der Waals surface area contributed by atoms with Gasteiger partial charge in [-0.1, -0.05) is 23.4 Å². The van der Waals surface area contributed by atoms with Crippen molar-refractivity contribution in [1.82, 2.24) is 20.1 Å². The molecule has 1 fully saturated rings. The van der Waals surface area contributed by atoms with E-state index < -0.39 is 17.5 Å². The number of aromatic nitrogens is 4. The van der Waals surface area contributed by atoms with E-state index in [1.54, 1.807) is 6.07 Å². The second-order valence-electron chi connectivity index (χ2n) is 9.09. The van der Waals surface area contributed by atoms with Crippen molar-refractivity contribution >= 4 is 22.7 Å². The van der Waals surface area contributed by atoms with Crippen LogP contribution in [-0.2, 0) is 5.67 Å². The number of hydrogen-bond acceptors (Lipinski definition) is 7. The molecule has 0 atom stereocenters. The number of aromatic carboxylic acids is 1. The van der Waals surface area contributed by atoms with Gasteiger partial charge in [-0.15, -0.1) is 0 Å². The van der Waals surface area contributed by atoms with Crippen molar-refractivity contribution < 1.29 is 23.2 Å². The lowest BCUT2D eigenvalue weighted by Crippen LogP contribution is -2.34. The van der Waals surface area contributed by atoms with Crippen LogP contribution < -0.4 is 4.90 Å². The summed E-state index contributed by atoms with van der Waals surface area (Å²) in [6.07, 6.45) is 2.97. The zero-order valence-electron chi connectivity index (χ0n) is 19.2. The van der Waals surface area contributed by atoms with Gasteiger partial charge in [0.05, 0.1) is 11.1 Å². The fourth-order valence-corrected chi connectivity index (χ4v) is 4.41. The SMILES string of the molecule is CC(C)(F)c1nc(C2CCN(c3ncnc4c(-c5ccc(C(=O)O)c(F)c5)cccc34)CC2)no1. The molecule has 0 amide bonds. The van der Waals surface area contributed by atoms with Gasteiger partial charge < -0.3 is 14.5 Å². The minimum Gasteiger partial charge on any atom is -0.478 e. The van der Waals surface area contributed by atoms with Gasteiger partial charge in [0.25, 0.3) is 5.89 Å². The van der Waals surface area contributed by atoms with E-state index in [0.29, 0.717) is 35.6 Å². The van der Waals surface area contributed by atoms with Gasteiger partial charge in [0, 0.05) is 30.0 Å². The van der Waals surface area contributed by atoms with Crippen LogP contribution >= 0.6 is 0 Å². The van der Waals surface area contributed by atoms with Crippen molar-refractivity contribution in [3.05, 3.63) is 65.8 Å². The molecule has 8 nitrogen and oxygen atoms in total. The number of hydrogen-bond donors (Lipinski definition) is 1. The van der Waals surface area contributed by atoms with E-state index in [1.165, 1.54) is 32.3 Å². The van der Waals surface area contributed by atoms with Gasteiger partial charge in [-0.2, -0.15) is 4.98 Å². The fraction of sp³-hybridized carbons (Fsp3) is 0.320. The zero-order chi connectivity index (χ0) is 24.7. The normalized spacial score (nSPS) is 15.0. The molecular formula is C25H23F2N5O3. The number of halogens is 2. The molecule has 1 N–H and O–H groups in total. The molecule has 1 saturated heterocycles. The Balaban J connectivity index is 1.41. The van der Waals surface area contributed by atoms with Crippen LogP contribution in [0, 0.1) is 5.82 Å². The molecule has 180 valence electrons. The first kappa shape index (κ1) is 22.8. The predicted octanol–water partition coefficient (Wildman–Crippen LogP) is 5.11. The molecule has 1 aliphatic heterocycles. The number of piperidine rings is 1. The molecule has 5 rings (SSSR count). The Labute approximate surface area is 199 Å². The molecule has 1 aliphatic rings. The molecule has 0 spiro atoms. The standard InChI is InChI=1S/C25H23F2N5O3/c1-25(2,27)24-30-21(31-35-24)14-8-10-32(11-9-14)22-18-5-3-4-16(20(18)28-13-29-22)15-6-7-17(23(33)34)19(26)12-15/h3-7,12-14H,8-11H2,1-2H3,(H,33,34). The van der Waals surface area contributed by atoms with Crippen LogP contribution in [0.25, 0.3) is 22.0 Å². The largest absolute Gasteiger partial charge is 0.478 e. The molecule has 0 unspecified atom stereocenters. The number of para-hydroxylation sites is 1. The van der Waals surface area contributed by atoms with E-state index in [1.807, 2.05) is 18.2 Å². The molecule has 2 aromatic heterocycles. The van der Waals surface area contributed by atoms with Crippen LogP contribution in [0.5, 0.6) is 0 Å². The minimum atomic E-state index is -1.68. The van der Waals surface area contributed by atoms with E-state index in [0.717, 1.165) is 24.0 Å². The molecule has 2 aromatic carbocycles. The van der Waals surface area contributed by atoms with Gasteiger partial charge in [0.15, 0.2) is 11.5 Å². The summed E-state index contributed by atoms with van der Waals surface area (Å²) in [6, 6.07) is 9.62. The topological polar surface area (TPSA) is 105 Å². The van der Waals surface area contributed by atoms with Crippen LogP contribution in [0.4, 0.5) is 14.6 Å². The molecule has 10 heteroatoms. The highest BCUT2D eigenvalue weighted by Gasteiger charge is 2.31. The Bertz CT molecular complexity index is 1410. The number of carboxylic acid groups (broad SMARTS) is 1.